The quantitative estimate of drug-likeness (QED) is 0.805. The molecule has 0 unspecified atom stereocenters. The van der Waals surface area contributed by atoms with E-state index in [1.54, 1.807) is 0 Å². The first-order chi connectivity index (χ1) is 7.29. The zero-order valence-electron chi connectivity index (χ0n) is 9.25. The van der Waals surface area contributed by atoms with Crippen molar-refractivity contribution >= 4 is 15.9 Å². The number of nitrogens with zero attached hydrogens (tertiary/aromatic N) is 1. The fraction of sp³-hybridized carbons (Fsp3) is 0.538. The molecule has 1 aliphatic heterocycles. The Morgan fingerprint density at radius 1 is 1.33 bits per heavy atom. The number of halogens is 1. The van der Waals surface area contributed by atoms with Crippen molar-refractivity contribution < 1.29 is 0 Å². The molecule has 1 fully saturated rings. The van der Waals surface area contributed by atoms with Gasteiger partial charge in [-0.15, -0.1) is 0 Å². The van der Waals surface area contributed by atoms with E-state index in [1.807, 2.05) is 0 Å². The first kappa shape index (κ1) is 11.2. The van der Waals surface area contributed by atoms with Crippen molar-refractivity contribution in [1.82, 2.24) is 4.90 Å². The van der Waals surface area contributed by atoms with Crippen molar-refractivity contribution in [3.8, 4) is 0 Å². The zero-order chi connectivity index (χ0) is 10.7. The molecule has 0 spiro atoms. The molecule has 0 N–H and O–H groups in total. The van der Waals surface area contributed by atoms with Crippen LogP contribution in [-0.2, 0) is 6.54 Å². The van der Waals surface area contributed by atoms with E-state index in [-0.39, 0.29) is 0 Å². The van der Waals surface area contributed by atoms with Crippen LogP contribution in [-0.4, -0.2) is 18.0 Å². The van der Waals surface area contributed by atoms with E-state index in [0.717, 1.165) is 12.5 Å². The van der Waals surface area contributed by atoms with Crippen LogP contribution in [0, 0.1) is 5.92 Å². The van der Waals surface area contributed by atoms with Crippen LogP contribution >= 0.6 is 15.9 Å². The summed E-state index contributed by atoms with van der Waals surface area (Å²) < 4.78 is 1.24. The summed E-state index contributed by atoms with van der Waals surface area (Å²) in [5.41, 5.74) is 1.41. The lowest BCUT2D eigenvalue weighted by Crippen LogP contribution is -2.45. The topological polar surface area (TPSA) is 3.24 Å². The molecule has 0 radical (unpaired) electrons. The summed E-state index contributed by atoms with van der Waals surface area (Å²) in [6, 6.07) is 8.52. The molecule has 1 saturated heterocycles. The maximum atomic E-state index is 3.60. The van der Waals surface area contributed by atoms with Gasteiger partial charge in [0.1, 0.15) is 0 Å². The number of rotatable bonds is 4. The van der Waals surface area contributed by atoms with Crippen molar-refractivity contribution in [2.75, 3.05) is 13.1 Å². The zero-order valence-corrected chi connectivity index (χ0v) is 10.8. The van der Waals surface area contributed by atoms with Crippen LogP contribution < -0.4 is 0 Å². The van der Waals surface area contributed by atoms with Crippen molar-refractivity contribution in [2.45, 2.75) is 26.3 Å². The van der Waals surface area contributed by atoms with Crippen molar-refractivity contribution in [1.29, 1.82) is 0 Å². The summed E-state index contributed by atoms with van der Waals surface area (Å²) in [4.78, 5) is 2.53. The summed E-state index contributed by atoms with van der Waals surface area (Å²) in [6.45, 7) is 5.95. The Labute approximate surface area is 101 Å². The third kappa shape index (κ3) is 2.82. The molecule has 0 amide bonds. The highest BCUT2D eigenvalue weighted by atomic mass is 79.9. The minimum absolute atomic E-state index is 0.956. The van der Waals surface area contributed by atoms with Gasteiger partial charge in [-0.2, -0.15) is 0 Å². The largest absolute Gasteiger partial charge is 0.298 e. The van der Waals surface area contributed by atoms with Gasteiger partial charge < -0.3 is 0 Å². The molecular formula is C13H18BrN. The third-order valence-corrected chi connectivity index (χ3v) is 3.86. The number of hydrogen-bond donors (Lipinski definition) is 0. The fourth-order valence-corrected chi connectivity index (χ4v) is 2.67. The highest BCUT2D eigenvalue weighted by molar-refractivity contribution is 9.10. The van der Waals surface area contributed by atoms with Gasteiger partial charge in [0.05, 0.1) is 0 Å². The highest BCUT2D eigenvalue weighted by Crippen LogP contribution is 2.25. The van der Waals surface area contributed by atoms with Crippen LogP contribution in [0.3, 0.4) is 0 Å². The van der Waals surface area contributed by atoms with E-state index in [2.05, 4.69) is 52.0 Å². The Kier molecular flexibility index (Phi) is 3.81. The molecule has 0 aromatic heterocycles. The lowest BCUT2D eigenvalue weighted by Gasteiger charge is -2.39. The van der Waals surface area contributed by atoms with E-state index >= 15 is 0 Å². The van der Waals surface area contributed by atoms with Crippen LogP contribution in [0.15, 0.2) is 28.7 Å². The van der Waals surface area contributed by atoms with Gasteiger partial charge in [-0.25, -0.2) is 0 Å². The van der Waals surface area contributed by atoms with Gasteiger partial charge in [0.2, 0.25) is 0 Å². The molecule has 1 heterocycles. The van der Waals surface area contributed by atoms with Gasteiger partial charge in [-0.05, 0) is 24.0 Å². The van der Waals surface area contributed by atoms with Crippen molar-refractivity contribution in [3.05, 3.63) is 34.3 Å². The molecule has 82 valence electrons. The number of hydrogen-bond acceptors (Lipinski definition) is 1. The highest BCUT2D eigenvalue weighted by Gasteiger charge is 2.25. The van der Waals surface area contributed by atoms with E-state index < -0.39 is 0 Å². The number of likely N-dealkylation sites (tertiary alicyclic amines) is 1. The molecule has 0 atom stereocenters. The second-order valence-corrected chi connectivity index (χ2v) is 5.29. The minimum atomic E-state index is 0.956. The molecule has 2 rings (SSSR count). The average molecular weight is 268 g/mol. The summed E-state index contributed by atoms with van der Waals surface area (Å²) in [5, 5.41) is 0. The van der Waals surface area contributed by atoms with Crippen LogP contribution in [0.4, 0.5) is 0 Å². The first-order valence-electron chi connectivity index (χ1n) is 5.75. The van der Waals surface area contributed by atoms with Crippen molar-refractivity contribution in [2.24, 2.45) is 5.92 Å². The maximum absolute atomic E-state index is 3.60. The lowest BCUT2D eigenvalue weighted by atomic mass is 9.94. The lowest BCUT2D eigenvalue weighted by molar-refractivity contribution is 0.0857. The first-order valence-corrected chi connectivity index (χ1v) is 6.54. The van der Waals surface area contributed by atoms with Gasteiger partial charge in [0.15, 0.2) is 0 Å². The standard InChI is InChI=1S/C13H18BrN/c1-2-5-11-8-15(9-11)10-12-6-3-4-7-13(12)14/h3-4,6-7,11H,2,5,8-10H2,1H3. The molecule has 0 aliphatic carbocycles. The molecule has 1 aromatic rings. The smallest absolute Gasteiger partial charge is 0.0245 e. The average Bonchev–Trinajstić information content (AvgIpc) is 2.18. The van der Waals surface area contributed by atoms with Gasteiger partial charge in [0.25, 0.3) is 0 Å². The van der Waals surface area contributed by atoms with Gasteiger partial charge >= 0.3 is 0 Å². The summed E-state index contributed by atoms with van der Waals surface area (Å²) >= 11 is 3.60. The molecule has 1 aliphatic rings. The van der Waals surface area contributed by atoms with Crippen LogP contribution in [0.5, 0.6) is 0 Å². The maximum Gasteiger partial charge on any atom is 0.0245 e. The van der Waals surface area contributed by atoms with E-state index in [4.69, 9.17) is 0 Å². The third-order valence-electron chi connectivity index (χ3n) is 3.08. The van der Waals surface area contributed by atoms with Crippen LogP contribution in [0.25, 0.3) is 0 Å². The van der Waals surface area contributed by atoms with E-state index in [1.165, 1.54) is 36.0 Å². The van der Waals surface area contributed by atoms with Crippen LogP contribution in [0.2, 0.25) is 0 Å². The number of benzene rings is 1. The Morgan fingerprint density at radius 3 is 2.73 bits per heavy atom. The molecular weight excluding hydrogens is 250 g/mol. The monoisotopic (exact) mass is 267 g/mol. The summed E-state index contributed by atoms with van der Waals surface area (Å²) in [6.07, 6.45) is 2.72. The molecule has 2 heteroatoms. The van der Waals surface area contributed by atoms with Crippen molar-refractivity contribution in [3.63, 3.8) is 0 Å². The summed E-state index contributed by atoms with van der Waals surface area (Å²) in [5.74, 6) is 0.956. The predicted molar refractivity (Wildman–Crippen MR) is 67.8 cm³/mol. The van der Waals surface area contributed by atoms with E-state index in [0.29, 0.717) is 0 Å². The molecule has 0 saturated carbocycles. The second kappa shape index (κ2) is 5.13. The Balaban J connectivity index is 1.82. The SMILES string of the molecule is CCCC1CN(Cc2ccccc2Br)C1. The van der Waals surface area contributed by atoms with Gasteiger partial charge in [-0.3, -0.25) is 4.90 Å². The predicted octanol–water partition coefficient (Wildman–Crippen LogP) is 3.68. The Morgan fingerprint density at radius 2 is 2.07 bits per heavy atom. The Hall–Kier alpha value is -0.340. The second-order valence-electron chi connectivity index (χ2n) is 4.44. The normalized spacial score (nSPS) is 17.7. The van der Waals surface area contributed by atoms with E-state index in [9.17, 15) is 0 Å². The molecule has 1 nitrogen and oxygen atoms in total. The van der Waals surface area contributed by atoms with Crippen LogP contribution in [0.1, 0.15) is 25.3 Å². The molecule has 15 heavy (non-hydrogen) atoms. The fourth-order valence-electron chi connectivity index (χ4n) is 2.26. The minimum Gasteiger partial charge on any atom is -0.298 e. The van der Waals surface area contributed by atoms with Gasteiger partial charge in [0, 0.05) is 24.1 Å². The molecule has 1 aromatic carbocycles. The Bertz CT molecular complexity index is 318. The van der Waals surface area contributed by atoms with Gasteiger partial charge in [-0.1, -0.05) is 47.5 Å². The summed E-state index contributed by atoms with van der Waals surface area (Å²) in [7, 11) is 0. The molecule has 0 bridgehead atoms.